The average molecular weight is 236 g/mol. The molecule has 3 rings (SSSR count). The van der Waals surface area contributed by atoms with E-state index in [0.717, 1.165) is 19.4 Å². The first-order valence-corrected chi connectivity index (χ1v) is 6.78. The quantitative estimate of drug-likeness (QED) is 0.718. The summed E-state index contributed by atoms with van der Waals surface area (Å²) < 4.78 is 0. The smallest absolute Gasteiger partial charge is 0.246 e. The maximum atomic E-state index is 12.4. The zero-order valence-corrected chi connectivity index (χ0v) is 10.4. The summed E-state index contributed by atoms with van der Waals surface area (Å²) in [5.41, 5.74) is 0. The Bertz CT molecular complexity index is 351. The third-order valence-corrected chi connectivity index (χ3v) is 4.77. The van der Waals surface area contributed by atoms with Crippen LogP contribution < -0.4 is 0 Å². The molecule has 0 N–H and O–H groups in total. The van der Waals surface area contributed by atoms with E-state index < -0.39 is 0 Å². The molecule has 4 heteroatoms. The van der Waals surface area contributed by atoms with E-state index in [9.17, 15) is 9.59 Å². The van der Waals surface area contributed by atoms with Crippen LogP contribution in [0.25, 0.3) is 0 Å². The standard InChI is InChI=1S/C13H20N2O2/c1-9(10-4-2-5-10)15-8-12(16)14-7-3-6-11(14)13(15)17/h9-11H,2-8H2,1H3. The first kappa shape index (κ1) is 11.1. The van der Waals surface area contributed by atoms with Gasteiger partial charge in [-0.15, -0.1) is 0 Å². The Morgan fingerprint density at radius 2 is 1.94 bits per heavy atom. The molecule has 0 aromatic carbocycles. The Labute approximate surface area is 102 Å². The fourth-order valence-corrected chi connectivity index (χ4v) is 3.35. The molecular formula is C13H20N2O2. The normalized spacial score (nSPS) is 31.5. The first-order valence-electron chi connectivity index (χ1n) is 6.78. The summed E-state index contributed by atoms with van der Waals surface area (Å²) in [6.45, 7) is 3.20. The number of carbonyl (C=O) groups excluding carboxylic acids is 2. The molecule has 4 nitrogen and oxygen atoms in total. The predicted molar refractivity (Wildman–Crippen MR) is 63.3 cm³/mol. The Kier molecular flexibility index (Phi) is 2.60. The number of nitrogens with zero attached hydrogens (tertiary/aromatic N) is 2. The van der Waals surface area contributed by atoms with Crippen molar-refractivity contribution in [2.24, 2.45) is 5.92 Å². The zero-order valence-electron chi connectivity index (χ0n) is 10.4. The second-order valence-electron chi connectivity index (χ2n) is 5.64. The van der Waals surface area contributed by atoms with Gasteiger partial charge in [-0.1, -0.05) is 6.42 Å². The van der Waals surface area contributed by atoms with Crippen molar-refractivity contribution in [2.45, 2.75) is 51.1 Å². The molecule has 2 unspecified atom stereocenters. The molecule has 94 valence electrons. The van der Waals surface area contributed by atoms with Gasteiger partial charge in [-0.3, -0.25) is 9.59 Å². The lowest BCUT2D eigenvalue weighted by atomic mass is 9.79. The second kappa shape index (κ2) is 4.00. The molecule has 2 amide bonds. The molecule has 3 fully saturated rings. The molecule has 0 aromatic heterocycles. The highest BCUT2D eigenvalue weighted by atomic mass is 16.2. The van der Waals surface area contributed by atoms with Crippen molar-refractivity contribution >= 4 is 11.8 Å². The van der Waals surface area contributed by atoms with E-state index >= 15 is 0 Å². The zero-order chi connectivity index (χ0) is 12.0. The summed E-state index contributed by atoms with van der Waals surface area (Å²) in [6.07, 6.45) is 5.55. The minimum atomic E-state index is -0.140. The van der Waals surface area contributed by atoms with Crippen LogP contribution in [0.5, 0.6) is 0 Å². The molecule has 0 bridgehead atoms. The fraction of sp³-hybridized carbons (Fsp3) is 0.846. The van der Waals surface area contributed by atoms with Crippen LogP contribution in [0.3, 0.4) is 0 Å². The monoisotopic (exact) mass is 236 g/mol. The van der Waals surface area contributed by atoms with E-state index in [-0.39, 0.29) is 23.9 Å². The van der Waals surface area contributed by atoms with E-state index in [1.807, 2.05) is 4.90 Å². The van der Waals surface area contributed by atoms with Gasteiger partial charge < -0.3 is 9.80 Å². The number of amides is 2. The first-order chi connectivity index (χ1) is 8.18. The lowest BCUT2D eigenvalue weighted by Crippen LogP contribution is -2.61. The third-order valence-electron chi connectivity index (χ3n) is 4.77. The van der Waals surface area contributed by atoms with Crippen molar-refractivity contribution < 1.29 is 9.59 Å². The summed E-state index contributed by atoms with van der Waals surface area (Å²) >= 11 is 0. The highest BCUT2D eigenvalue weighted by Crippen LogP contribution is 2.34. The summed E-state index contributed by atoms with van der Waals surface area (Å²) in [7, 11) is 0. The van der Waals surface area contributed by atoms with Crippen LogP contribution >= 0.6 is 0 Å². The van der Waals surface area contributed by atoms with Gasteiger partial charge in [0.1, 0.15) is 12.6 Å². The lowest BCUT2D eigenvalue weighted by Gasteiger charge is -2.44. The Balaban J connectivity index is 1.76. The molecule has 1 saturated carbocycles. The van der Waals surface area contributed by atoms with Crippen molar-refractivity contribution in [3.8, 4) is 0 Å². The van der Waals surface area contributed by atoms with Crippen LogP contribution in [0.15, 0.2) is 0 Å². The minimum absolute atomic E-state index is 0.140. The number of hydrogen-bond donors (Lipinski definition) is 0. The van der Waals surface area contributed by atoms with E-state index in [1.54, 1.807) is 4.90 Å². The van der Waals surface area contributed by atoms with Crippen molar-refractivity contribution in [3.63, 3.8) is 0 Å². The highest BCUT2D eigenvalue weighted by Gasteiger charge is 2.44. The molecule has 2 heterocycles. The van der Waals surface area contributed by atoms with E-state index in [0.29, 0.717) is 12.5 Å². The van der Waals surface area contributed by atoms with Crippen LogP contribution in [0, 0.1) is 5.92 Å². The number of fused-ring (bicyclic) bond motifs is 1. The van der Waals surface area contributed by atoms with Crippen LogP contribution in [0.2, 0.25) is 0 Å². The van der Waals surface area contributed by atoms with Gasteiger partial charge in [-0.2, -0.15) is 0 Å². The molecule has 2 saturated heterocycles. The van der Waals surface area contributed by atoms with E-state index in [4.69, 9.17) is 0 Å². The molecule has 1 aliphatic carbocycles. The number of rotatable bonds is 2. The van der Waals surface area contributed by atoms with E-state index in [2.05, 4.69) is 6.92 Å². The molecular weight excluding hydrogens is 216 g/mol. The van der Waals surface area contributed by atoms with E-state index in [1.165, 1.54) is 19.3 Å². The Morgan fingerprint density at radius 3 is 2.59 bits per heavy atom. The van der Waals surface area contributed by atoms with Crippen molar-refractivity contribution in [1.29, 1.82) is 0 Å². The molecule has 17 heavy (non-hydrogen) atoms. The number of piperazine rings is 1. The predicted octanol–water partition coefficient (Wildman–Crippen LogP) is 1.01. The van der Waals surface area contributed by atoms with Gasteiger partial charge in [0.25, 0.3) is 0 Å². The third kappa shape index (κ3) is 1.65. The maximum absolute atomic E-state index is 12.4. The van der Waals surface area contributed by atoms with Crippen molar-refractivity contribution in [2.75, 3.05) is 13.1 Å². The van der Waals surface area contributed by atoms with Gasteiger partial charge in [-0.25, -0.2) is 0 Å². The SMILES string of the molecule is CC(C1CCC1)N1CC(=O)N2CCCC2C1=O. The number of hydrogen-bond acceptors (Lipinski definition) is 2. The topological polar surface area (TPSA) is 40.6 Å². The summed E-state index contributed by atoms with van der Waals surface area (Å²) in [6, 6.07) is 0.113. The van der Waals surface area contributed by atoms with Gasteiger partial charge >= 0.3 is 0 Å². The highest BCUT2D eigenvalue weighted by molar-refractivity contribution is 5.95. The van der Waals surface area contributed by atoms with Gasteiger partial charge in [0, 0.05) is 12.6 Å². The molecule has 2 atom stereocenters. The molecule has 2 aliphatic heterocycles. The van der Waals surface area contributed by atoms with Gasteiger partial charge in [0.2, 0.25) is 11.8 Å². The summed E-state index contributed by atoms with van der Waals surface area (Å²) in [5, 5.41) is 0. The van der Waals surface area contributed by atoms with Gasteiger partial charge in [-0.05, 0) is 38.5 Å². The van der Waals surface area contributed by atoms with Gasteiger partial charge in [0.05, 0.1) is 0 Å². The summed E-state index contributed by atoms with van der Waals surface area (Å²) in [5.74, 6) is 0.972. The minimum Gasteiger partial charge on any atom is -0.329 e. The Hall–Kier alpha value is -1.06. The number of carbonyl (C=O) groups is 2. The average Bonchev–Trinajstić information content (AvgIpc) is 2.70. The Morgan fingerprint density at radius 1 is 1.18 bits per heavy atom. The molecule has 3 aliphatic rings. The summed E-state index contributed by atoms with van der Waals surface area (Å²) in [4.78, 5) is 28.0. The molecule has 0 radical (unpaired) electrons. The maximum Gasteiger partial charge on any atom is 0.246 e. The van der Waals surface area contributed by atoms with Crippen molar-refractivity contribution in [1.82, 2.24) is 9.80 Å². The largest absolute Gasteiger partial charge is 0.329 e. The van der Waals surface area contributed by atoms with Crippen LogP contribution in [0.4, 0.5) is 0 Å². The second-order valence-corrected chi connectivity index (χ2v) is 5.64. The van der Waals surface area contributed by atoms with Gasteiger partial charge in [0.15, 0.2) is 0 Å². The van der Waals surface area contributed by atoms with Crippen LogP contribution in [-0.4, -0.2) is 46.8 Å². The van der Waals surface area contributed by atoms with Crippen LogP contribution in [0.1, 0.15) is 39.0 Å². The fourth-order valence-electron chi connectivity index (χ4n) is 3.35. The van der Waals surface area contributed by atoms with Crippen LogP contribution in [-0.2, 0) is 9.59 Å². The molecule has 0 aromatic rings. The molecule has 0 spiro atoms. The van der Waals surface area contributed by atoms with Crippen molar-refractivity contribution in [3.05, 3.63) is 0 Å². The lowest BCUT2D eigenvalue weighted by molar-refractivity contribution is -0.157.